The van der Waals surface area contributed by atoms with Gasteiger partial charge in [-0.15, -0.1) is 0 Å². The zero-order valence-electron chi connectivity index (χ0n) is 15.0. The molecular formula is C19H31FN2O2. The maximum Gasteiger partial charge on any atom is 0.123 e. The number of hydrogen-bond donors (Lipinski definition) is 1. The number of halogens is 1. The Morgan fingerprint density at radius 1 is 1.21 bits per heavy atom. The molecule has 1 saturated heterocycles. The average Bonchev–Trinajstić information content (AvgIpc) is 2.76. The number of ether oxygens (including phenoxy) is 1. The maximum absolute atomic E-state index is 13.1. The molecule has 1 aliphatic heterocycles. The number of nitrogens with zero attached hydrogens (tertiary/aromatic N) is 2. The lowest BCUT2D eigenvalue weighted by atomic mass is 10.0. The largest absolute Gasteiger partial charge is 0.394 e. The molecule has 0 spiro atoms. The molecule has 1 aromatic rings. The predicted molar refractivity (Wildman–Crippen MR) is 94.4 cm³/mol. The summed E-state index contributed by atoms with van der Waals surface area (Å²) in [5.41, 5.74) is 1.17. The van der Waals surface area contributed by atoms with Gasteiger partial charge in [0.2, 0.25) is 0 Å². The second kappa shape index (κ2) is 10.1. The zero-order chi connectivity index (χ0) is 17.4. The maximum atomic E-state index is 13.1. The number of aliphatic hydroxyl groups is 1. The molecule has 1 fully saturated rings. The molecule has 1 heterocycles. The first-order valence-electron chi connectivity index (χ1n) is 8.99. The first-order valence-corrected chi connectivity index (χ1v) is 8.99. The summed E-state index contributed by atoms with van der Waals surface area (Å²) >= 11 is 0. The monoisotopic (exact) mass is 338 g/mol. The van der Waals surface area contributed by atoms with Crippen LogP contribution in [0, 0.1) is 11.7 Å². The van der Waals surface area contributed by atoms with E-state index in [1.165, 1.54) is 5.56 Å². The summed E-state index contributed by atoms with van der Waals surface area (Å²) in [4.78, 5) is 5.00. The highest BCUT2D eigenvalue weighted by Gasteiger charge is 2.27. The molecular weight excluding hydrogens is 307 g/mol. The summed E-state index contributed by atoms with van der Waals surface area (Å²) in [7, 11) is 0. The van der Waals surface area contributed by atoms with Crippen molar-refractivity contribution in [1.29, 1.82) is 0 Å². The van der Waals surface area contributed by atoms with Crippen LogP contribution >= 0.6 is 0 Å². The summed E-state index contributed by atoms with van der Waals surface area (Å²) in [6.07, 6.45) is 1.13. The topological polar surface area (TPSA) is 35.9 Å². The molecule has 0 bridgehead atoms. The van der Waals surface area contributed by atoms with Crippen molar-refractivity contribution in [2.45, 2.75) is 32.9 Å². The normalized spacial score (nSPS) is 20.5. The van der Waals surface area contributed by atoms with Crippen LogP contribution in [0.4, 0.5) is 4.39 Å². The van der Waals surface area contributed by atoms with Crippen LogP contribution in [0.2, 0.25) is 0 Å². The van der Waals surface area contributed by atoms with Gasteiger partial charge in [-0.05, 0) is 36.6 Å². The zero-order valence-corrected chi connectivity index (χ0v) is 15.0. The Bertz CT molecular complexity index is 467. The Labute approximate surface area is 145 Å². The van der Waals surface area contributed by atoms with E-state index < -0.39 is 0 Å². The van der Waals surface area contributed by atoms with Gasteiger partial charge in [0.15, 0.2) is 0 Å². The Hall–Kier alpha value is -1.01. The van der Waals surface area contributed by atoms with Gasteiger partial charge in [-0.25, -0.2) is 4.39 Å². The second-order valence-corrected chi connectivity index (χ2v) is 6.90. The molecule has 1 aromatic carbocycles. The third-order valence-electron chi connectivity index (χ3n) is 4.69. The van der Waals surface area contributed by atoms with Crippen LogP contribution in [0.15, 0.2) is 24.3 Å². The molecule has 0 aliphatic carbocycles. The molecule has 0 aromatic heterocycles. The predicted octanol–water partition coefficient (Wildman–Crippen LogP) is 2.37. The van der Waals surface area contributed by atoms with E-state index >= 15 is 0 Å². The van der Waals surface area contributed by atoms with Crippen molar-refractivity contribution in [3.63, 3.8) is 0 Å². The van der Waals surface area contributed by atoms with Crippen molar-refractivity contribution in [1.82, 2.24) is 9.80 Å². The van der Waals surface area contributed by atoms with E-state index in [1.807, 2.05) is 12.1 Å². The Balaban J connectivity index is 1.94. The van der Waals surface area contributed by atoms with Crippen molar-refractivity contribution < 1.29 is 14.2 Å². The van der Waals surface area contributed by atoms with E-state index in [0.29, 0.717) is 25.2 Å². The Kier molecular flexibility index (Phi) is 8.12. The highest BCUT2D eigenvalue weighted by molar-refractivity contribution is 5.16. The van der Waals surface area contributed by atoms with Crippen LogP contribution in [0.3, 0.4) is 0 Å². The molecule has 24 heavy (non-hydrogen) atoms. The summed E-state index contributed by atoms with van der Waals surface area (Å²) in [5.74, 6) is 0.383. The molecule has 4 nitrogen and oxygen atoms in total. The minimum Gasteiger partial charge on any atom is -0.394 e. The lowest BCUT2D eigenvalue weighted by Crippen LogP contribution is -2.44. The van der Waals surface area contributed by atoms with E-state index in [0.717, 1.165) is 39.1 Å². The lowest BCUT2D eigenvalue weighted by molar-refractivity contribution is 0.0667. The highest BCUT2D eigenvalue weighted by atomic mass is 19.1. The van der Waals surface area contributed by atoms with Crippen LogP contribution in [0.25, 0.3) is 0 Å². The van der Waals surface area contributed by atoms with E-state index in [4.69, 9.17) is 9.84 Å². The third-order valence-corrected chi connectivity index (χ3v) is 4.69. The van der Waals surface area contributed by atoms with Crippen LogP contribution in [-0.4, -0.2) is 66.9 Å². The molecule has 2 rings (SSSR count). The number of hydrogen-bond acceptors (Lipinski definition) is 4. The van der Waals surface area contributed by atoms with Crippen molar-refractivity contribution in [2.24, 2.45) is 5.92 Å². The first-order chi connectivity index (χ1) is 11.6. The molecule has 136 valence electrons. The summed E-state index contributed by atoms with van der Waals surface area (Å²) in [6.45, 7) is 10.7. The lowest BCUT2D eigenvalue weighted by Gasteiger charge is -2.34. The average molecular weight is 338 g/mol. The Morgan fingerprint density at radius 3 is 2.62 bits per heavy atom. The van der Waals surface area contributed by atoms with Crippen molar-refractivity contribution in [2.75, 3.05) is 46.0 Å². The summed E-state index contributed by atoms with van der Waals surface area (Å²) in [6, 6.07) is 7.34. The molecule has 1 aliphatic rings. The fourth-order valence-corrected chi connectivity index (χ4v) is 3.35. The van der Waals surface area contributed by atoms with Gasteiger partial charge in [0, 0.05) is 32.2 Å². The van der Waals surface area contributed by atoms with Crippen molar-refractivity contribution >= 4 is 0 Å². The van der Waals surface area contributed by atoms with Crippen LogP contribution in [0.1, 0.15) is 25.8 Å². The SMILES string of the molecule is CC(C)[C@H]1CN(CCOCCO)CCCN1Cc1ccc(F)cc1. The number of benzene rings is 1. The summed E-state index contributed by atoms with van der Waals surface area (Å²) in [5, 5.41) is 8.79. The number of aliphatic hydroxyl groups excluding tert-OH is 1. The second-order valence-electron chi connectivity index (χ2n) is 6.90. The van der Waals surface area contributed by atoms with Gasteiger partial charge < -0.3 is 9.84 Å². The fourth-order valence-electron chi connectivity index (χ4n) is 3.35. The van der Waals surface area contributed by atoms with Gasteiger partial charge in [-0.2, -0.15) is 0 Å². The molecule has 0 radical (unpaired) electrons. The van der Waals surface area contributed by atoms with E-state index in [2.05, 4.69) is 23.6 Å². The molecule has 1 atom stereocenters. The van der Waals surface area contributed by atoms with Crippen molar-refractivity contribution in [3.8, 4) is 0 Å². The van der Waals surface area contributed by atoms with Crippen LogP contribution in [-0.2, 0) is 11.3 Å². The molecule has 1 N–H and O–H groups in total. The third kappa shape index (κ3) is 6.13. The van der Waals surface area contributed by atoms with Crippen LogP contribution in [0.5, 0.6) is 0 Å². The van der Waals surface area contributed by atoms with Gasteiger partial charge in [-0.3, -0.25) is 9.80 Å². The Morgan fingerprint density at radius 2 is 1.96 bits per heavy atom. The first kappa shape index (κ1) is 19.3. The molecule has 0 saturated carbocycles. The van der Waals surface area contributed by atoms with Crippen molar-refractivity contribution in [3.05, 3.63) is 35.6 Å². The highest BCUT2D eigenvalue weighted by Crippen LogP contribution is 2.20. The van der Waals surface area contributed by atoms with Gasteiger partial charge in [-0.1, -0.05) is 26.0 Å². The van der Waals surface area contributed by atoms with E-state index in [9.17, 15) is 4.39 Å². The van der Waals surface area contributed by atoms with E-state index in [1.54, 1.807) is 12.1 Å². The molecule has 5 heteroatoms. The summed E-state index contributed by atoms with van der Waals surface area (Å²) < 4.78 is 18.5. The molecule has 0 amide bonds. The smallest absolute Gasteiger partial charge is 0.123 e. The van der Waals surface area contributed by atoms with E-state index in [-0.39, 0.29) is 12.4 Å². The number of rotatable bonds is 8. The van der Waals surface area contributed by atoms with Gasteiger partial charge in [0.25, 0.3) is 0 Å². The fraction of sp³-hybridized carbons (Fsp3) is 0.684. The minimum absolute atomic E-state index is 0.0834. The quantitative estimate of drug-likeness (QED) is 0.738. The van der Waals surface area contributed by atoms with Crippen LogP contribution < -0.4 is 0 Å². The van der Waals surface area contributed by atoms with Gasteiger partial charge >= 0.3 is 0 Å². The molecule has 0 unspecified atom stereocenters. The minimum atomic E-state index is -0.177. The van der Waals surface area contributed by atoms with Gasteiger partial charge in [0.05, 0.1) is 19.8 Å². The standard InChI is InChI=1S/C19H31FN2O2/c1-16(2)19-15-21(10-12-24-13-11-23)8-3-9-22(19)14-17-4-6-18(20)7-5-17/h4-7,16,19,23H,3,8-15H2,1-2H3/t19-/m1/s1. The van der Waals surface area contributed by atoms with Gasteiger partial charge in [0.1, 0.15) is 5.82 Å².